The van der Waals surface area contributed by atoms with Gasteiger partial charge < -0.3 is 15.2 Å². The average Bonchev–Trinajstić information content (AvgIpc) is 3.08. The van der Waals surface area contributed by atoms with Crippen LogP contribution in [0.4, 0.5) is 0 Å². The van der Waals surface area contributed by atoms with Gasteiger partial charge >= 0.3 is 5.97 Å². The third-order valence-electron chi connectivity index (χ3n) is 4.53. The molecule has 0 bridgehead atoms. The number of esters is 1. The number of ether oxygens (including phenoxy) is 1. The first-order valence-electron chi connectivity index (χ1n) is 8.35. The molecule has 0 spiro atoms. The van der Waals surface area contributed by atoms with Crippen LogP contribution >= 0.6 is 0 Å². The fourth-order valence-corrected chi connectivity index (χ4v) is 3.14. The molecule has 1 saturated carbocycles. The zero-order valence-electron chi connectivity index (χ0n) is 13.9. The van der Waals surface area contributed by atoms with E-state index in [1.807, 2.05) is 30.3 Å². The van der Waals surface area contributed by atoms with E-state index >= 15 is 0 Å². The fourth-order valence-electron chi connectivity index (χ4n) is 3.14. The quantitative estimate of drug-likeness (QED) is 0.566. The predicted molar refractivity (Wildman–Crippen MR) is 91.0 cm³/mol. The van der Waals surface area contributed by atoms with Crippen molar-refractivity contribution in [3.63, 3.8) is 0 Å². The zero-order valence-corrected chi connectivity index (χ0v) is 13.9. The van der Waals surface area contributed by atoms with Gasteiger partial charge in [-0.1, -0.05) is 49.2 Å². The Balaban J connectivity index is 1.79. The molecule has 1 amide bonds. The number of hydrogen-bond acceptors (Lipinski definition) is 4. The summed E-state index contributed by atoms with van der Waals surface area (Å²) >= 11 is 0. The topological polar surface area (TPSA) is 75.6 Å². The van der Waals surface area contributed by atoms with Crippen LogP contribution in [-0.4, -0.2) is 29.6 Å². The molecule has 2 N–H and O–H groups in total. The first-order valence-corrected chi connectivity index (χ1v) is 8.35. The molecule has 1 aliphatic rings. The molecule has 24 heavy (non-hydrogen) atoms. The summed E-state index contributed by atoms with van der Waals surface area (Å²) in [5.74, 6) is -0.849. The Morgan fingerprint density at radius 3 is 2.58 bits per heavy atom. The Morgan fingerprint density at radius 1 is 1.29 bits per heavy atom. The highest BCUT2D eigenvalue weighted by molar-refractivity contribution is 5.84. The largest absolute Gasteiger partial charge is 0.459 e. The summed E-state index contributed by atoms with van der Waals surface area (Å²) in [6, 6.07) is 9.24. The van der Waals surface area contributed by atoms with Gasteiger partial charge in [0.15, 0.2) is 6.10 Å². The lowest BCUT2D eigenvalue weighted by Crippen LogP contribution is -2.44. The average molecular weight is 331 g/mol. The Morgan fingerprint density at radius 2 is 1.96 bits per heavy atom. The minimum absolute atomic E-state index is 0.102. The number of nitrogens with one attached hydrogen (secondary N) is 1. The highest BCUT2D eigenvalue weighted by Crippen LogP contribution is 2.41. The molecule has 0 aliphatic heterocycles. The molecule has 1 unspecified atom stereocenters. The summed E-state index contributed by atoms with van der Waals surface area (Å²) in [6.45, 7) is 3.69. The maximum atomic E-state index is 12.4. The van der Waals surface area contributed by atoms with Crippen molar-refractivity contribution in [3.8, 4) is 0 Å². The number of carbonyl (C=O) groups excluding carboxylic acids is 2. The second-order valence-electron chi connectivity index (χ2n) is 6.30. The number of aliphatic hydroxyl groups excluding tert-OH is 1. The minimum Gasteiger partial charge on any atom is -0.459 e. The molecule has 0 saturated heterocycles. The highest BCUT2D eigenvalue weighted by atomic mass is 16.5. The SMILES string of the molecule is C=CCC1(C(=O)NCC(O)C(=O)OCc2ccccc2)CCCC1. The van der Waals surface area contributed by atoms with E-state index in [0.29, 0.717) is 6.42 Å². The molecule has 130 valence electrons. The zero-order chi connectivity index (χ0) is 17.4. The van der Waals surface area contributed by atoms with Gasteiger partial charge in [-0.25, -0.2) is 4.79 Å². The van der Waals surface area contributed by atoms with Crippen LogP contribution in [-0.2, 0) is 20.9 Å². The highest BCUT2D eigenvalue weighted by Gasteiger charge is 2.40. The van der Waals surface area contributed by atoms with Crippen LogP contribution in [0.5, 0.6) is 0 Å². The van der Waals surface area contributed by atoms with Gasteiger partial charge in [-0.15, -0.1) is 6.58 Å². The normalized spacial score (nSPS) is 17.0. The predicted octanol–water partition coefficient (Wildman–Crippen LogP) is 2.34. The van der Waals surface area contributed by atoms with Crippen molar-refractivity contribution in [2.75, 3.05) is 6.54 Å². The summed E-state index contributed by atoms with van der Waals surface area (Å²) < 4.78 is 5.06. The molecule has 1 fully saturated rings. The molecular weight excluding hydrogens is 306 g/mol. The van der Waals surface area contributed by atoms with Gasteiger partial charge in [-0.2, -0.15) is 0 Å². The van der Waals surface area contributed by atoms with Crippen molar-refractivity contribution < 1.29 is 19.4 Å². The lowest BCUT2D eigenvalue weighted by molar-refractivity contribution is -0.154. The summed E-state index contributed by atoms with van der Waals surface area (Å²) in [5, 5.41) is 12.6. The first kappa shape index (κ1) is 18.2. The Hall–Kier alpha value is -2.14. The van der Waals surface area contributed by atoms with E-state index in [9.17, 15) is 14.7 Å². The lowest BCUT2D eigenvalue weighted by Gasteiger charge is -2.26. The fraction of sp³-hybridized carbons (Fsp3) is 0.474. The van der Waals surface area contributed by atoms with E-state index < -0.39 is 17.5 Å². The van der Waals surface area contributed by atoms with Crippen LogP contribution in [0.3, 0.4) is 0 Å². The molecule has 5 nitrogen and oxygen atoms in total. The Kier molecular flexibility index (Phi) is 6.55. The summed E-state index contributed by atoms with van der Waals surface area (Å²) in [5.41, 5.74) is 0.410. The van der Waals surface area contributed by atoms with Gasteiger partial charge in [0.2, 0.25) is 5.91 Å². The molecule has 1 aromatic rings. The van der Waals surface area contributed by atoms with E-state index in [4.69, 9.17) is 4.74 Å². The number of carbonyl (C=O) groups is 2. The number of aliphatic hydroxyl groups is 1. The van der Waals surface area contributed by atoms with Crippen molar-refractivity contribution in [1.82, 2.24) is 5.32 Å². The Bertz CT molecular complexity index is 564. The van der Waals surface area contributed by atoms with Gasteiger partial charge in [0.25, 0.3) is 0 Å². The van der Waals surface area contributed by atoms with E-state index in [2.05, 4.69) is 11.9 Å². The summed E-state index contributed by atoms with van der Waals surface area (Å²) in [4.78, 5) is 24.3. The van der Waals surface area contributed by atoms with E-state index in [1.165, 1.54) is 0 Å². The molecule has 0 heterocycles. The molecule has 1 aromatic carbocycles. The van der Waals surface area contributed by atoms with Crippen molar-refractivity contribution in [2.45, 2.75) is 44.8 Å². The van der Waals surface area contributed by atoms with Crippen LogP contribution in [0, 0.1) is 5.41 Å². The van der Waals surface area contributed by atoms with Gasteiger partial charge in [-0.05, 0) is 24.8 Å². The van der Waals surface area contributed by atoms with Gasteiger partial charge in [0.05, 0.1) is 12.0 Å². The number of benzene rings is 1. The molecule has 0 radical (unpaired) electrons. The molecule has 2 rings (SSSR count). The second kappa shape index (κ2) is 8.64. The number of rotatable bonds is 8. The number of amides is 1. The Labute approximate surface area is 142 Å². The molecule has 0 aromatic heterocycles. The summed E-state index contributed by atoms with van der Waals surface area (Å²) in [7, 11) is 0. The van der Waals surface area contributed by atoms with Gasteiger partial charge in [0.1, 0.15) is 6.61 Å². The number of allylic oxidation sites excluding steroid dienone is 1. The maximum absolute atomic E-state index is 12.4. The lowest BCUT2D eigenvalue weighted by atomic mass is 9.81. The van der Waals surface area contributed by atoms with Gasteiger partial charge in [-0.3, -0.25) is 4.79 Å². The van der Waals surface area contributed by atoms with Crippen LogP contribution in [0.25, 0.3) is 0 Å². The van der Waals surface area contributed by atoms with Crippen molar-refractivity contribution in [2.24, 2.45) is 5.41 Å². The van der Waals surface area contributed by atoms with Crippen LogP contribution in [0.15, 0.2) is 43.0 Å². The third-order valence-corrected chi connectivity index (χ3v) is 4.53. The van der Waals surface area contributed by atoms with Crippen LogP contribution < -0.4 is 5.32 Å². The standard InChI is InChI=1S/C19H25NO4/c1-2-10-19(11-6-7-12-19)18(23)20-13-16(21)17(22)24-14-15-8-4-3-5-9-15/h2-5,8-9,16,21H,1,6-7,10-14H2,(H,20,23). The minimum atomic E-state index is -1.36. The molecule has 1 aliphatic carbocycles. The molecule has 5 heteroatoms. The van der Waals surface area contributed by atoms with Crippen molar-refractivity contribution >= 4 is 11.9 Å². The van der Waals surface area contributed by atoms with E-state index in [0.717, 1.165) is 31.2 Å². The number of hydrogen-bond donors (Lipinski definition) is 2. The smallest absolute Gasteiger partial charge is 0.337 e. The summed E-state index contributed by atoms with van der Waals surface area (Å²) in [6.07, 6.45) is 4.69. The molecular formula is C19H25NO4. The molecule has 1 atom stereocenters. The van der Waals surface area contributed by atoms with Crippen molar-refractivity contribution in [1.29, 1.82) is 0 Å². The van der Waals surface area contributed by atoms with Crippen LogP contribution in [0.1, 0.15) is 37.7 Å². The van der Waals surface area contributed by atoms with Crippen LogP contribution in [0.2, 0.25) is 0 Å². The van der Waals surface area contributed by atoms with E-state index in [-0.39, 0.29) is 19.1 Å². The van der Waals surface area contributed by atoms with E-state index in [1.54, 1.807) is 6.08 Å². The van der Waals surface area contributed by atoms with Gasteiger partial charge in [0, 0.05) is 0 Å². The van der Waals surface area contributed by atoms with Crippen molar-refractivity contribution in [3.05, 3.63) is 48.6 Å². The monoisotopic (exact) mass is 331 g/mol. The first-order chi connectivity index (χ1) is 11.6. The maximum Gasteiger partial charge on any atom is 0.337 e. The third kappa shape index (κ3) is 4.68. The second-order valence-corrected chi connectivity index (χ2v) is 6.30.